The van der Waals surface area contributed by atoms with E-state index in [2.05, 4.69) is 32.3 Å². The fourth-order valence-corrected chi connectivity index (χ4v) is 9.06. The van der Waals surface area contributed by atoms with E-state index in [1.807, 2.05) is 13.0 Å². The number of carbonyl (C=O) groups excluding carboxylic acids is 2. The molecule has 1 spiro atoms. The maximum absolute atomic E-state index is 13.2. The van der Waals surface area contributed by atoms with Gasteiger partial charge < -0.3 is 13.9 Å². The van der Waals surface area contributed by atoms with Crippen LogP contribution in [0.1, 0.15) is 32.6 Å². The zero-order chi connectivity index (χ0) is 21.0. The predicted molar refractivity (Wildman–Crippen MR) is 110 cm³/mol. The van der Waals surface area contributed by atoms with Crippen LogP contribution in [0.4, 0.5) is 0 Å². The van der Waals surface area contributed by atoms with Gasteiger partial charge in [-0.05, 0) is 51.2 Å². The van der Waals surface area contributed by atoms with Crippen LogP contribution in [0.5, 0.6) is 0 Å². The number of carbonyl (C=O) groups is 2. The number of esters is 2. The summed E-state index contributed by atoms with van der Waals surface area (Å²) in [5.41, 5.74) is -0.444. The van der Waals surface area contributed by atoms with Crippen molar-refractivity contribution in [2.75, 3.05) is 7.11 Å². The summed E-state index contributed by atoms with van der Waals surface area (Å²) in [6.07, 6.45) is 7.37. The Morgan fingerprint density at radius 3 is 2.72 bits per heavy atom. The summed E-state index contributed by atoms with van der Waals surface area (Å²) in [7, 11) is -0.292. The van der Waals surface area contributed by atoms with Gasteiger partial charge >= 0.3 is 11.9 Å². The second kappa shape index (κ2) is 5.64. The second-order valence-corrected chi connectivity index (χ2v) is 15.6. The molecule has 2 unspecified atom stereocenters. The van der Waals surface area contributed by atoms with E-state index < -0.39 is 19.3 Å². The molecule has 1 saturated heterocycles. The first-order valence-electron chi connectivity index (χ1n) is 10.8. The fraction of sp³-hybridized carbons (Fsp3) is 0.739. The van der Waals surface area contributed by atoms with Crippen molar-refractivity contribution in [1.29, 1.82) is 0 Å². The molecule has 1 aliphatic heterocycles. The van der Waals surface area contributed by atoms with Gasteiger partial charge in [0.25, 0.3) is 0 Å². The molecule has 4 bridgehead atoms. The standard InChI is InChI=1S/C23H32O5Si/c1-13-11-22-12-14(13)15(28-29(4,5)6)10-16(22)23-9-7-8-21(2,20(25)27-23)18(23)17(22)19(24)26-3/h7-8,14-18H,1,9-12H2,2-6H3/t14?,15-,16+,17+,18+,21?,22-,23+/m0/s1. The largest absolute Gasteiger partial charge is 0.469 e. The number of hydrogen-bond donors (Lipinski definition) is 0. The highest BCUT2D eigenvalue weighted by molar-refractivity contribution is 6.69. The molecule has 29 heavy (non-hydrogen) atoms. The van der Waals surface area contributed by atoms with Crippen molar-refractivity contribution in [3.63, 3.8) is 0 Å². The van der Waals surface area contributed by atoms with E-state index in [0.717, 1.165) is 19.3 Å². The lowest BCUT2D eigenvalue weighted by atomic mass is 9.62. The summed E-state index contributed by atoms with van der Waals surface area (Å²) in [6, 6.07) is 0. The van der Waals surface area contributed by atoms with Gasteiger partial charge in [0, 0.05) is 24.2 Å². The average Bonchev–Trinajstić information content (AvgIpc) is 3.08. The second-order valence-electron chi connectivity index (χ2n) is 11.1. The van der Waals surface area contributed by atoms with E-state index in [1.165, 1.54) is 12.7 Å². The van der Waals surface area contributed by atoms with Crippen molar-refractivity contribution < 1.29 is 23.5 Å². The summed E-state index contributed by atoms with van der Waals surface area (Å²) in [4.78, 5) is 26.2. The zero-order valence-electron chi connectivity index (χ0n) is 18.1. The molecule has 5 nitrogen and oxygen atoms in total. The first kappa shape index (κ1) is 19.6. The van der Waals surface area contributed by atoms with Gasteiger partial charge in [0.1, 0.15) is 5.60 Å². The van der Waals surface area contributed by atoms with Gasteiger partial charge in [-0.3, -0.25) is 9.59 Å². The summed E-state index contributed by atoms with van der Waals surface area (Å²) >= 11 is 0. The Morgan fingerprint density at radius 2 is 2.07 bits per heavy atom. The molecular formula is C23H32O5Si. The number of rotatable bonds is 3. The minimum Gasteiger partial charge on any atom is -0.469 e. The Labute approximate surface area is 174 Å². The highest BCUT2D eigenvalue weighted by Crippen LogP contribution is 2.77. The van der Waals surface area contributed by atoms with Crippen LogP contribution < -0.4 is 0 Å². The molecule has 3 saturated carbocycles. The summed E-state index contributed by atoms with van der Waals surface area (Å²) < 4.78 is 18.3. The van der Waals surface area contributed by atoms with Crippen molar-refractivity contribution in [3.8, 4) is 0 Å². The normalized spacial score (nSPS) is 49.6. The lowest BCUT2D eigenvalue weighted by Crippen LogP contribution is -2.49. The van der Waals surface area contributed by atoms with Crippen molar-refractivity contribution in [3.05, 3.63) is 24.3 Å². The minimum atomic E-state index is -1.76. The highest BCUT2D eigenvalue weighted by Gasteiger charge is 2.82. The van der Waals surface area contributed by atoms with Crippen LogP contribution in [0, 0.1) is 34.5 Å². The maximum Gasteiger partial charge on any atom is 0.316 e. The molecule has 6 heteroatoms. The van der Waals surface area contributed by atoms with Crippen LogP contribution in [0.2, 0.25) is 19.6 Å². The van der Waals surface area contributed by atoms with Crippen LogP contribution in [0.3, 0.4) is 0 Å². The Morgan fingerprint density at radius 1 is 1.34 bits per heavy atom. The third-order valence-electron chi connectivity index (χ3n) is 8.59. The van der Waals surface area contributed by atoms with E-state index in [9.17, 15) is 9.59 Å². The number of methoxy groups -OCH3 is 1. The number of ether oxygens (including phenoxy) is 2. The molecule has 8 atom stereocenters. The quantitative estimate of drug-likeness (QED) is 0.397. The van der Waals surface area contributed by atoms with Crippen LogP contribution in [-0.2, 0) is 23.5 Å². The van der Waals surface area contributed by atoms with Gasteiger partial charge in [0.2, 0.25) is 0 Å². The third-order valence-corrected chi connectivity index (χ3v) is 9.60. The SMILES string of the molecule is C=C1C[C@]23CC1[C@@H](O[Si](C)(C)C)C[C@H]2[C@@]12CC=CC(C)(C(=O)O1)[C@H]2[C@@H]3C(=O)OC. The molecule has 4 fully saturated rings. The van der Waals surface area contributed by atoms with Gasteiger partial charge in [-0.15, -0.1) is 0 Å². The Balaban J connectivity index is 1.67. The van der Waals surface area contributed by atoms with Gasteiger partial charge in [0.15, 0.2) is 8.32 Å². The summed E-state index contributed by atoms with van der Waals surface area (Å²) in [5.74, 6) is -0.537. The first-order chi connectivity index (χ1) is 13.5. The van der Waals surface area contributed by atoms with Crippen LogP contribution in [0.15, 0.2) is 24.3 Å². The minimum absolute atomic E-state index is 0.0941. The molecule has 0 radical (unpaired) electrons. The predicted octanol–water partition coefficient (Wildman–Crippen LogP) is 3.86. The third kappa shape index (κ3) is 2.25. The topological polar surface area (TPSA) is 61.8 Å². The van der Waals surface area contributed by atoms with Gasteiger partial charge in [-0.2, -0.15) is 0 Å². The van der Waals surface area contributed by atoms with E-state index in [1.54, 1.807) is 0 Å². The molecule has 5 rings (SSSR count). The Hall–Kier alpha value is -1.40. The Kier molecular flexibility index (Phi) is 3.80. The van der Waals surface area contributed by atoms with Crippen LogP contribution in [0.25, 0.3) is 0 Å². The lowest BCUT2D eigenvalue weighted by Gasteiger charge is -2.47. The van der Waals surface area contributed by atoms with Crippen LogP contribution >= 0.6 is 0 Å². The zero-order valence-corrected chi connectivity index (χ0v) is 19.1. The van der Waals surface area contributed by atoms with Gasteiger partial charge in [-0.1, -0.05) is 24.3 Å². The fourth-order valence-electron chi connectivity index (χ4n) is 7.89. The molecule has 0 aromatic heterocycles. The molecule has 0 amide bonds. The Bertz CT molecular complexity index is 843. The molecule has 5 aliphatic rings. The lowest BCUT2D eigenvalue weighted by molar-refractivity contribution is -0.162. The molecule has 1 heterocycles. The maximum atomic E-state index is 13.2. The van der Waals surface area contributed by atoms with E-state index >= 15 is 0 Å². The molecule has 0 aromatic rings. The van der Waals surface area contributed by atoms with Crippen molar-refractivity contribution >= 4 is 20.3 Å². The molecule has 158 valence electrons. The number of hydrogen-bond acceptors (Lipinski definition) is 5. The summed E-state index contributed by atoms with van der Waals surface area (Å²) in [5, 5.41) is 0. The smallest absolute Gasteiger partial charge is 0.316 e. The number of fused-ring (bicyclic) bond motifs is 1. The summed E-state index contributed by atoms with van der Waals surface area (Å²) in [6.45, 7) is 13.0. The van der Waals surface area contributed by atoms with Crippen molar-refractivity contribution in [2.45, 2.75) is 64.0 Å². The molecule has 0 N–H and O–H groups in total. The molecular weight excluding hydrogens is 384 g/mol. The van der Waals surface area contributed by atoms with Crippen molar-refractivity contribution in [2.24, 2.45) is 34.5 Å². The van der Waals surface area contributed by atoms with Gasteiger partial charge in [0.05, 0.1) is 24.5 Å². The molecule has 0 aromatic carbocycles. The van der Waals surface area contributed by atoms with Crippen LogP contribution in [-0.4, -0.2) is 39.1 Å². The monoisotopic (exact) mass is 416 g/mol. The van der Waals surface area contributed by atoms with E-state index in [4.69, 9.17) is 13.9 Å². The van der Waals surface area contributed by atoms with Gasteiger partial charge in [-0.25, -0.2) is 0 Å². The van der Waals surface area contributed by atoms with Crippen molar-refractivity contribution in [1.82, 2.24) is 0 Å². The highest BCUT2D eigenvalue weighted by atomic mass is 28.4. The van der Waals surface area contributed by atoms with E-state index in [0.29, 0.717) is 6.42 Å². The molecule has 4 aliphatic carbocycles. The van der Waals surface area contributed by atoms with E-state index in [-0.39, 0.29) is 47.1 Å². The average molecular weight is 417 g/mol. The first-order valence-corrected chi connectivity index (χ1v) is 14.2.